The van der Waals surface area contributed by atoms with Crippen molar-refractivity contribution in [2.45, 2.75) is 488 Å². The van der Waals surface area contributed by atoms with Crippen LogP contribution in [0.3, 0.4) is 0 Å². The highest BCUT2D eigenvalue weighted by Crippen LogP contribution is 2.20. The van der Waals surface area contributed by atoms with Crippen LogP contribution >= 0.6 is 0 Å². The first kappa shape index (κ1) is 91.8. The van der Waals surface area contributed by atoms with E-state index < -0.39 is 12.1 Å². The molecular weight excluding hydrogens is 1150 g/mol. The Bertz CT molecular complexity index is 1570. The molecule has 0 spiro atoms. The first-order valence-electron chi connectivity index (χ1n) is 42.9. The van der Waals surface area contributed by atoms with Crippen LogP contribution in [0.2, 0.25) is 0 Å². The number of rotatable bonds is 81. The van der Waals surface area contributed by atoms with E-state index in [1.807, 2.05) is 6.08 Å². The molecule has 6 heteroatoms. The Morgan fingerprint density at radius 2 is 0.532 bits per heavy atom. The van der Waals surface area contributed by atoms with Crippen molar-refractivity contribution in [2.24, 2.45) is 0 Å². The molecule has 0 saturated carbocycles. The maximum Gasteiger partial charge on any atom is 0.305 e. The van der Waals surface area contributed by atoms with Gasteiger partial charge in [0, 0.05) is 12.8 Å². The first-order valence-corrected chi connectivity index (χ1v) is 42.9. The number of unbranched alkanes of at least 4 members (excludes halogenated alkanes) is 64. The van der Waals surface area contributed by atoms with Crippen molar-refractivity contribution in [3.63, 3.8) is 0 Å². The SMILES string of the molecule is CCCCCC/C=C\CCCCCCCC(=O)OCCCCCCCCCCCCCCCCC/C=C\C/C=C\CCCCCCCCCCCCCCCCCCCC(=O)NC(CO)C(O)/C=C/CCCCCCCCCCCCCCCCCCCCCCCCC. The quantitative estimate of drug-likeness (QED) is 0.0320. The third kappa shape index (κ3) is 78.8. The number of aliphatic hydroxyl groups is 2. The molecule has 0 aliphatic carbocycles. The predicted octanol–water partition coefficient (Wildman–Crippen LogP) is 28.7. The maximum absolute atomic E-state index is 12.6. The van der Waals surface area contributed by atoms with Gasteiger partial charge in [-0.1, -0.05) is 422 Å². The minimum atomic E-state index is -0.845. The van der Waals surface area contributed by atoms with E-state index in [0.29, 0.717) is 19.4 Å². The van der Waals surface area contributed by atoms with Gasteiger partial charge in [-0.3, -0.25) is 9.59 Å². The van der Waals surface area contributed by atoms with Crippen LogP contribution < -0.4 is 5.32 Å². The monoisotopic (exact) mass is 1320 g/mol. The molecule has 0 heterocycles. The molecule has 6 nitrogen and oxygen atoms in total. The summed E-state index contributed by atoms with van der Waals surface area (Å²) < 4.78 is 5.49. The first-order chi connectivity index (χ1) is 46.5. The summed E-state index contributed by atoms with van der Waals surface area (Å²) in [6, 6.07) is -0.628. The van der Waals surface area contributed by atoms with E-state index in [9.17, 15) is 19.8 Å². The van der Waals surface area contributed by atoms with Crippen LogP contribution in [-0.4, -0.2) is 47.4 Å². The summed E-state index contributed by atoms with van der Waals surface area (Å²) in [5.74, 6) is -0.0483. The second-order valence-electron chi connectivity index (χ2n) is 29.5. The number of carbonyl (C=O) groups is 2. The van der Waals surface area contributed by atoms with Crippen LogP contribution in [0.4, 0.5) is 0 Å². The van der Waals surface area contributed by atoms with Crippen LogP contribution in [0, 0.1) is 0 Å². The Morgan fingerprint density at radius 3 is 0.830 bits per heavy atom. The minimum absolute atomic E-state index is 0.0114. The smallest absolute Gasteiger partial charge is 0.305 e. The topological polar surface area (TPSA) is 95.9 Å². The fourth-order valence-corrected chi connectivity index (χ4v) is 13.5. The lowest BCUT2D eigenvalue weighted by Crippen LogP contribution is -2.45. The van der Waals surface area contributed by atoms with Gasteiger partial charge in [0.25, 0.3) is 0 Å². The van der Waals surface area contributed by atoms with E-state index in [1.165, 1.54) is 398 Å². The fraction of sp³-hybridized carbons (Fsp3) is 0.886. The summed E-state index contributed by atoms with van der Waals surface area (Å²) in [4.78, 5) is 24.6. The summed E-state index contributed by atoms with van der Waals surface area (Å²) in [7, 11) is 0. The lowest BCUT2D eigenvalue weighted by atomic mass is 10.0. The Hall–Kier alpha value is -2.18. The Labute approximate surface area is 588 Å². The molecule has 0 rings (SSSR count). The van der Waals surface area contributed by atoms with Gasteiger partial charge in [0.1, 0.15) is 0 Å². The molecule has 0 saturated heterocycles. The van der Waals surface area contributed by atoms with Crippen molar-refractivity contribution in [3.8, 4) is 0 Å². The zero-order valence-corrected chi connectivity index (χ0v) is 63.7. The molecule has 554 valence electrons. The molecule has 0 radical (unpaired) electrons. The Morgan fingerprint density at radius 1 is 0.298 bits per heavy atom. The molecule has 0 aromatic rings. The van der Waals surface area contributed by atoms with E-state index in [1.54, 1.807) is 6.08 Å². The molecule has 3 N–H and O–H groups in total. The lowest BCUT2D eigenvalue weighted by Gasteiger charge is -2.20. The summed E-state index contributed by atoms with van der Waals surface area (Å²) in [5.41, 5.74) is 0. The number of allylic oxidation sites excluding steroid dienone is 7. The standard InChI is InChI=1S/C88H167NO5/c1-3-5-7-9-11-13-15-17-18-19-20-21-22-38-41-44-47-50-53-57-60-64-68-72-76-80-86(91)85(84-90)89-87(92)81-77-73-69-65-61-58-54-51-48-45-42-39-36-34-32-30-28-26-24-23-25-27-29-31-33-35-37-40-43-46-49-52-55-59-63-67-71-75-79-83-94-88(93)82-78-74-70-66-62-56-16-14-12-10-8-6-4-2/h14,16,23-24,27,29,76,80,85-86,90-91H,3-13,15,17-22,25-26,28,30-75,77-79,81-84H2,1-2H3,(H,89,92)/b16-14-,24-23-,29-27-,80-76+. The summed E-state index contributed by atoms with van der Waals surface area (Å²) in [6.45, 7) is 4.94. The Balaban J connectivity index is 3.38. The molecule has 0 aliphatic rings. The molecule has 0 bridgehead atoms. The van der Waals surface area contributed by atoms with E-state index in [-0.39, 0.29) is 18.5 Å². The normalized spacial score (nSPS) is 12.7. The van der Waals surface area contributed by atoms with Crippen LogP contribution in [0.1, 0.15) is 476 Å². The largest absolute Gasteiger partial charge is 0.466 e. The fourth-order valence-electron chi connectivity index (χ4n) is 13.5. The predicted molar refractivity (Wildman–Crippen MR) is 416 cm³/mol. The van der Waals surface area contributed by atoms with Gasteiger partial charge in [0.15, 0.2) is 0 Å². The number of ether oxygens (including phenoxy) is 1. The van der Waals surface area contributed by atoms with E-state index >= 15 is 0 Å². The van der Waals surface area contributed by atoms with Crippen molar-refractivity contribution in [3.05, 3.63) is 48.6 Å². The van der Waals surface area contributed by atoms with Gasteiger partial charge in [0.05, 0.1) is 25.4 Å². The van der Waals surface area contributed by atoms with Crippen molar-refractivity contribution in [1.29, 1.82) is 0 Å². The third-order valence-electron chi connectivity index (χ3n) is 20.1. The molecular formula is C88H167NO5. The molecule has 2 unspecified atom stereocenters. The number of hydrogen-bond donors (Lipinski definition) is 3. The summed E-state index contributed by atoms with van der Waals surface area (Å²) >= 11 is 0. The second-order valence-corrected chi connectivity index (χ2v) is 29.5. The number of esters is 1. The van der Waals surface area contributed by atoms with Crippen molar-refractivity contribution in [1.82, 2.24) is 5.32 Å². The zero-order chi connectivity index (χ0) is 67.7. The molecule has 1 amide bonds. The highest BCUT2D eigenvalue weighted by molar-refractivity contribution is 5.76. The van der Waals surface area contributed by atoms with Crippen LogP contribution in [0.5, 0.6) is 0 Å². The van der Waals surface area contributed by atoms with E-state index in [2.05, 4.69) is 55.6 Å². The minimum Gasteiger partial charge on any atom is -0.466 e. The molecule has 0 aliphatic heterocycles. The number of hydrogen-bond acceptors (Lipinski definition) is 5. The van der Waals surface area contributed by atoms with Gasteiger partial charge in [0.2, 0.25) is 5.91 Å². The van der Waals surface area contributed by atoms with Gasteiger partial charge in [-0.2, -0.15) is 0 Å². The van der Waals surface area contributed by atoms with Crippen LogP contribution in [0.25, 0.3) is 0 Å². The summed E-state index contributed by atoms with van der Waals surface area (Å²) in [5, 5.41) is 23.3. The second kappa shape index (κ2) is 83.2. The highest BCUT2D eigenvalue weighted by Gasteiger charge is 2.18. The molecule has 0 fully saturated rings. The van der Waals surface area contributed by atoms with Crippen LogP contribution in [0.15, 0.2) is 48.6 Å². The van der Waals surface area contributed by atoms with E-state index in [4.69, 9.17) is 4.74 Å². The number of carbonyl (C=O) groups excluding carboxylic acids is 2. The highest BCUT2D eigenvalue weighted by atomic mass is 16.5. The van der Waals surface area contributed by atoms with Gasteiger partial charge in [-0.15, -0.1) is 0 Å². The van der Waals surface area contributed by atoms with Gasteiger partial charge in [-0.25, -0.2) is 0 Å². The Kier molecular flexibility index (Phi) is 81.3. The molecule has 2 atom stereocenters. The van der Waals surface area contributed by atoms with Crippen molar-refractivity contribution < 1.29 is 24.5 Å². The number of nitrogens with one attached hydrogen (secondary N) is 1. The average Bonchev–Trinajstić information content (AvgIpc) is 3.72. The maximum atomic E-state index is 12.6. The van der Waals surface area contributed by atoms with Crippen molar-refractivity contribution in [2.75, 3.05) is 13.2 Å². The molecule has 94 heavy (non-hydrogen) atoms. The third-order valence-corrected chi connectivity index (χ3v) is 20.1. The molecule has 0 aromatic carbocycles. The average molecular weight is 1320 g/mol. The van der Waals surface area contributed by atoms with Gasteiger partial charge < -0.3 is 20.3 Å². The lowest BCUT2D eigenvalue weighted by molar-refractivity contribution is -0.143. The van der Waals surface area contributed by atoms with E-state index in [0.717, 1.165) is 51.4 Å². The summed E-state index contributed by atoms with van der Waals surface area (Å²) in [6.07, 6.45) is 111. The van der Waals surface area contributed by atoms with Gasteiger partial charge in [-0.05, 0) is 89.9 Å². The zero-order valence-electron chi connectivity index (χ0n) is 63.7. The number of aliphatic hydroxyl groups excluding tert-OH is 2. The van der Waals surface area contributed by atoms with Crippen molar-refractivity contribution >= 4 is 11.9 Å². The van der Waals surface area contributed by atoms with Crippen LogP contribution in [-0.2, 0) is 14.3 Å². The van der Waals surface area contributed by atoms with Gasteiger partial charge >= 0.3 is 5.97 Å². The molecule has 0 aromatic heterocycles. The number of amides is 1.